The first-order valence-electron chi connectivity index (χ1n) is 7.01. The van der Waals surface area contributed by atoms with Crippen molar-refractivity contribution in [2.75, 3.05) is 0 Å². The Bertz CT molecular complexity index is 675. The predicted molar refractivity (Wildman–Crippen MR) is 86.4 cm³/mol. The van der Waals surface area contributed by atoms with Gasteiger partial charge in [0.2, 0.25) is 0 Å². The van der Waals surface area contributed by atoms with E-state index in [4.69, 9.17) is 11.6 Å². The van der Waals surface area contributed by atoms with Crippen LogP contribution in [-0.4, -0.2) is 6.03 Å². The zero-order valence-electron chi connectivity index (χ0n) is 12.5. The van der Waals surface area contributed by atoms with Crippen LogP contribution in [0.2, 0.25) is 5.02 Å². The van der Waals surface area contributed by atoms with Gasteiger partial charge in [0.05, 0.1) is 11.1 Å². The molecule has 0 saturated heterocycles. The molecule has 2 aromatic rings. The number of rotatable bonds is 4. The molecule has 0 saturated carbocycles. The van der Waals surface area contributed by atoms with Crippen LogP contribution in [0.5, 0.6) is 0 Å². The van der Waals surface area contributed by atoms with Crippen molar-refractivity contribution in [3.63, 3.8) is 0 Å². The molecule has 1 unspecified atom stereocenters. The Hall–Kier alpha value is -2.07. The number of carbonyl (C=O) groups is 1. The minimum absolute atomic E-state index is 0.0491. The van der Waals surface area contributed by atoms with Crippen molar-refractivity contribution in [2.45, 2.75) is 26.4 Å². The van der Waals surface area contributed by atoms with Crippen LogP contribution in [0.25, 0.3) is 0 Å². The molecule has 0 radical (unpaired) electrons. The maximum atomic E-state index is 13.1. The molecule has 0 heterocycles. The summed E-state index contributed by atoms with van der Waals surface area (Å²) in [5.41, 5.74) is 2.94. The van der Waals surface area contributed by atoms with Crippen molar-refractivity contribution < 1.29 is 9.18 Å². The van der Waals surface area contributed by atoms with Crippen LogP contribution in [0, 0.1) is 12.7 Å². The van der Waals surface area contributed by atoms with E-state index in [1.54, 1.807) is 6.07 Å². The van der Waals surface area contributed by atoms with Crippen molar-refractivity contribution in [1.29, 1.82) is 0 Å². The Kier molecular flexibility index (Phi) is 5.39. The molecule has 1 atom stereocenters. The number of carbonyl (C=O) groups excluding carboxylic acids is 1. The van der Waals surface area contributed by atoms with E-state index in [1.165, 1.54) is 12.1 Å². The highest BCUT2D eigenvalue weighted by atomic mass is 35.5. The molecule has 0 bridgehead atoms. The third-order valence-corrected chi connectivity index (χ3v) is 3.73. The maximum Gasteiger partial charge on any atom is 0.315 e. The quantitative estimate of drug-likeness (QED) is 0.864. The molecule has 0 spiro atoms. The number of nitrogens with one attached hydrogen (secondary N) is 2. The number of amides is 2. The van der Waals surface area contributed by atoms with Gasteiger partial charge in [-0.1, -0.05) is 41.9 Å². The molecule has 2 N–H and O–H groups in total. The van der Waals surface area contributed by atoms with Crippen LogP contribution in [0.1, 0.15) is 29.7 Å². The van der Waals surface area contributed by atoms with Gasteiger partial charge in [0, 0.05) is 6.54 Å². The number of urea groups is 1. The molecule has 2 aromatic carbocycles. The first kappa shape index (κ1) is 16.3. The van der Waals surface area contributed by atoms with E-state index >= 15 is 0 Å². The smallest absolute Gasteiger partial charge is 0.315 e. The molecular formula is C17H18ClFN2O. The fourth-order valence-corrected chi connectivity index (χ4v) is 2.43. The second-order valence-corrected chi connectivity index (χ2v) is 5.56. The third-order valence-electron chi connectivity index (χ3n) is 3.44. The first-order chi connectivity index (χ1) is 10.5. The van der Waals surface area contributed by atoms with Crippen LogP contribution in [-0.2, 0) is 6.54 Å². The summed E-state index contributed by atoms with van der Waals surface area (Å²) in [7, 11) is 0. The van der Waals surface area contributed by atoms with Crippen molar-refractivity contribution in [3.05, 3.63) is 70.0 Å². The van der Waals surface area contributed by atoms with E-state index in [-0.39, 0.29) is 23.6 Å². The lowest BCUT2D eigenvalue weighted by Gasteiger charge is -2.17. The summed E-state index contributed by atoms with van der Waals surface area (Å²) in [6.07, 6.45) is 0. The molecule has 2 rings (SSSR count). The van der Waals surface area contributed by atoms with Crippen molar-refractivity contribution >= 4 is 17.6 Å². The van der Waals surface area contributed by atoms with Gasteiger partial charge in [0.1, 0.15) is 5.82 Å². The monoisotopic (exact) mass is 320 g/mol. The van der Waals surface area contributed by atoms with Gasteiger partial charge in [0.15, 0.2) is 0 Å². The summed E-state index contributed by atoms with van der Waals surface area (Å²) in [6, 6.07) is 11.9. The Morgan fingerprint density at radius 2 is 2.00 bits per heavy atom. The second-order valence-electron chi connectivity index (χ2n) is 5.15. The first-order valence-corrected chi connectivity index (χ1v) is 7.39. The normalized spacial score (nSPS) is 11.8. The van der Waals surface area contributed by atoms with Crippen LogP contribution in [0.3, 0.4) is 0 Å². The average Bonchev–Trinajstić information content (AvgIpc) is 2.49. The molecule has 0 aliphatic carbocycles. The van der Waals surface area contributed by atoms with Crippen LogP contribution >= 0.6 is 11.6 Å². The molecule has 0 aliphatic heterocycles. The van der Waals surface area contributed by atoms with Gasteiger partial charge in [0.25, 0.3) is 0 Å². The Morgan fingerprint density at radius 1 is 1.27 bits per heavy atom. The number of hydrogen-bond acceptors (Lipinski definition) is 1. The fraction of sp³-hybridized carbons (Fsp3) is 0.235. The maximum absolute atomic E-state index is 13.1. The van der Waals surface area contributed by atoms with Gasteiger partial charge in [-0.25, -0.2) is 9.18 Å². The summed E-state index contributed by atoms with van der Waals surface area (Å²) in [5, 5.41) is 5.66. The number of benzene rings is 2. The molecule has 116 valence electrons. The van der Waals surface area contributed by atoms with Gasteiger partial charge in [-0.15, -0.1) is 0 Å². The molecule has 0 aromatic heterocycles. The van der Waals surface area contributed by atoms with Gasteiger partial charge < -0.3 is 10.6 Å². The lowest BCUT2D eigenvalue weighted by atomic mass is 10.0. The highest BCUT2D eigenvalue weighted by molar-refractivity contribution is 6.30. The lowest BCUT2D eigenvalue weighted by Crippen LogP contribution is -2.36. The van der Waals surface area contributed by atoms with Crippen molar-refractivity contribution in [1.82, 2.24) is 10.6 Å². The van der Waals surface area contributed by atoms with E-state index in [9.17, 15) is 9.18 Å². The Labute approximate surface area is 134 Å². The minimum Gasteiger partial charge on any atom is -0.334 e. The summed E-state index contributed by atoms with van der Waals surface area (Å²) >= 11 is 5.71. The largest absolute Gasteiger partial charge is 0.334 e. The van der Waals surface area contributed by atoms with Crippen LogP contribution in [0.4, 0.5) is 9.18 Å². The summed E-state index contributed by atoms with van der Waals surface area (Å²) < 4.78 is 13.1. The number of aryl methyl sites for hydroxylation is 1. The Morgan fingerprint density at radius 3 is 2.68 bits per heavy atom. The number of hydrogen-bond donors (Lipinski definition) is 2. The topological polar surface area (TPSA) is 41.1 Å². The second kappa shape index (κ2) is 7.27. The molecule has 2 amide bonds. The predicted octanol–water partition coefficient (Wildman–Crippen LogP) is 4.35. The lowest BCUT2D eigenvalue weighted by molar-refractivity contribution is 0.237. The van der Waals surface area contributed by atoms with Crippen molar-refractivity contribution in [3.8, 4) is 0 Å². The van der Waals surface area contributed by atoms with E-state index in [2.05, 4.69) is 10.6 Å². The molecule has 22 heavy (non-hydrogen) atoms. The molecule has 5 heteroatoms. The number of halogens is 2. The van der Waals surface area contributed by atoms with E-state index in [1.807, 2.05) is 38.1 Å². The minimum atomic E-state index is -0.469. The van der Waals surface area contributed by atoms with Crippen LogP contribution in [0.15, 0.2) is 42.5 Å². The van der Waals surface area contributed by atoms with Gasteiger partial charge in [-0.05, 0) is 42.7 Å². The van der Waals surface area contributed by atoms with Gasteiger partial charge >= 0.3 is 6.03 Å². The summed E-state index contributed by atoms with van der Waals surface area (Å²) in [4.78, 5) is 11.9. The fourth-order valence-electron chi connectivity index (χ4n) is 2.23. The van der Waals surface area contributed by atoms with Gasteiger partial charge in [-0.3, -0.25) is 0 Å². The van der Waals surface area contributed by atoms with E-state index in [0.717, 1.165) is 16.7 Å². The van der Waals surface area contributed by atoms with Gasteiger partial charge in [-0.2, -0.15) is 0 Å². The molecular weight excluding hydrogens is 303 g/mol. The third kappa shape index (κ3) is 4.21. The van der Waals surface area contributed by atoms with Crippen LogP contribution < -0.4 is 10.6 Å². The van der Waals surface area contributed by atoms with E-state index < -0.39 is 5.82 Å². The highest BCUT2D eigenvalue weighted by Gasteiger charge is 2.11. The molecule has 0 aliphatic rings. The Balaban J connectivity index is 1.90. The standard InChI is InChI=1S/C17H18ClFN2O/c1-11-5-3-4-6-14(11)12(2)21-17(22)20-10-13-7-8-16(19)15(18)9-13/h3-9,12H,10H2,1-2H3,(H2,20,21,22). The molecule has 3 nitrogen and oxygen atoms in total. The zero-order valence-corrected chi connectivity index (χ0v) is 13.2. The van der Waals surface area contributed by atoms with Crippen molar-refractivity contribution in [2.24, 2.45) is 0 Å². The summed E-state index contributed by atoms with van der Waals surface area (Å²) in [6.45, 7) is 4.22. The zero-order chi connectivity index (χ0) is 16.1. The SMILES string of the molecule is Cc1ccccc1C(C)NC(=O)NCc1ccc(F)c(Cl)c1. The molecule has 0 fully saturated rings. The average molecular weight is 321 g/mol. The summed E-state index contributed by atoms with van der Waals surface area (Å²) in [5.74, 6) is -0.469. The highest BCUT2D eigenvalue weighted by Crippen LogP contribution is 2.17. The van der Waals surface area contributed by atoms with E-state index in [0.29, 0.717) is 0 Å².